The third kappa shape index (κ3) is 4.79. The summed E-state index contributed by atoms with van der Waals surface area (Å²) >= 11 is 0. The van der Waals surface area contributed by atoms with E-state index in [9.17, 15) is 9.18 Å². The Bertz CT molecular complexity index is 943. The standard InChI is InChI=1S/C23H29FN4O3/c1-3-30-22(29)23(9-4-10-28(15-23)14-19-13-25-16-27(19)2)12-20-11-21(26-31-20)17-5-7-18(24)8-6-17/h5-8,13,16,20H,3-4,9-12,14-15H2,1-2H3. The van der Waals surface area contributed by atoms with Crippen LogP contribution in [0.5, 0.6) is 0 Å². The SMILES string of the molecule is CCOC(=O)C1(CC2CC(c3ccc(F)cc3)=NO2)CCCN(Cc2cncn2C)C1. The maximum absolute atomic E-state index is 13.2. The van der Waals surface area contributed by atoms with Gasteiger partial charge in [-0.05, 0) is 44.0 Å². The fourth-order valence-electron chi connectivity index (χ4n) is 4.62. The van der Waals surface area contributed by atoms with E-state index in [2.05, 4.69) is 15.0 Å². The van der Waals surface area contributed by atoms with Crippen LogP contribution in [0.15, 0.2) is 41.9 Å². The van der Waals surface area contributed by atoms with Gasteiger partial charge in [0.2, 0.25) is 0 Å². The first-order valence-electron chi connectivity index (χ1n) is 10.8. The van der Waals surface area contributed by atoms with E-state index < -0.39 is 5.41 Å². The van der Waals surface area contributed by atoms with Gasteiger partial charge in [0.15, 0.2) is 0 Å². The van der Waals surface area contributed by atoms with Gasteiger partial charge in [-0.3, -0.25) is 9.69 Å². The number of hydrogen-bond donors (Lipinski definition) is 0. The molecule has 0 bridgehead atoms. The van der Waals surface area contributed by atoms with Crippen LogP contribution >= 0.6 is 0 Å². The molecule has 0 radical (unpaired) electrons. The summed E-state index contributed by atoms with van der Waals surface area (Å²) in [6, 6.07) is 6.25. The summed E-state index contributed by atoms with van der Waals surface area (Å²) in [5, 5.41) is 4.23. The summed E-state index contributed by atoms with van der Waals surface area (Å²) in [4.78, 5) is 25.3. The lowest BCUT2D eigenvalue weighted by Gasteiger charge is -2.41. The summed E-state index contributed by atoms with van der Waals surface area (Å²) in [6.45, 7) is 4.47. The highest BCUT2D eigenvalue weighted by molar-refractivity contribution is 6.01. The first-order chi connectivity index (χ1) is 15.0. The van der Waals surface area contributed by atoms with Crippen LogP contribution in [0.3, 0.4) is 0 Å². The van der Waals surface area contributed by atoms with Gasteiger partial charge in [0, 0.05) is 39.2 Å². The zero-order valence-electron chi connectivity index (χ0n) is 18.1. The molecule has 1 aromatic heterocycles. The van der Waals surface area contributed by atoms with Crippen molar-refractivity contribution in [1.29, 1.82) is 0 Å². The predicted octanol–water partition coefficient (Wildman–Crippen LogP) is 3.29. The van der Waals surface area contributed by atoms with Gasteiger partial charge in [0.1, 0.15) is 11.9 Å². The molecule has 3 heterocycles. The topological polar surface area (TPSA) is 69.0 Å². The fraction of sp³-hybridized carbons (Fsp3) is 0.522. The third-order valence-corrected chi connectivity index (χ3v) is 6.20. The van der Waals surface area contributed by atoms with Crippen molar-refractivity contribution in [1.82, 2.24) is 14.5 Å². The quantitative estimate of drug-likeness (QED) is 0.633. The number of halogens is 1. The first-order valence-corrected chi connectivity index (χ1v) is 10.8. The van der Waals surface area contributed by atoms with E-state index in [1.165, 1.54) is 12.1 Å². The average Bonchev–Trinajstić information content (AvgIpc) is 3.38. The Hall–Kier alpha value is -2.74. The smallest absolute Gasteiger partial charge is 0.313 e. The number of piperidine rings is 1. The minimum atomic E-state index is -0.634. The molecule has 0 N–H and O–H groups in total. The van der Waals surface area contributed by atoms with E-state index in [1.807, 2.05) is 24.7 Å². The molecule has 2 aliphatic rings. The summed E-state index contributed by atoms with van der Waals surface area (Å²) in [5.41, 5.74) is 2.10. The molecule has 7 nitrogen and oxygen atoms in total. The lowest BCUT2D eigenvalue weighted by atomic mass is 9.74. The number of aromatic nitrogens is 2. The Labute approximate surface area is 181 Å². The van der Waals surface area contributed by atoms with Crippen molar-refractivity contribution in [3.05, 3.63) is 53.9 Å². The number of benzene rings is 1. The van der Waals surface area contributed by atoms with Crippen molar-refractivity contribution in [2.45, 2.75) is 45.3 Å². The zero-order valence-corrected chi connectivity index (χ0v) is 18.1. The van der Waals surface area contributed by atoms with E-state index in [1.54, 1.807) is 18.5 Å². The highest BCUT2D eigenvalue weighted by atomic mass is 19.1. The number of imidazole rings is 1. The van der Waals surface area contributed by atoms with E-state index >= 15 is 0 Å². The Morgan fingerprint density at radius 3 is 2.87 bits per heavy atom. The van der Waals surface area contributed by atoms with E-state index in [0.29, 0.717) is 26.0 Å². The minimum absolute atomic E-state index is 0.163. The number of rotatable bonds is 7. The fourth-order valence-corrected chi connectivity index (χ4v) is 4.62. The van der Waals surface area contributed by atoms with Gasteiger partial charge >= 0.3 is 5.97 Å². The van der Waals surface area contributed by atoms with Crippen LogP contribution in [0, 0.1) is 11.2 Å². The average molecular weight is 429 g/mol. The lowest BCUT2D eigenvalue weighted by Crippen LogP contribution is -2.50. The molecule has 2 aromatic rings. The number of oxime groups is 1. The van der Waals surface area contributed by atoms with Crippen molar-refractivity contribution in [3.63, 3.8) is 0 Å². The normalized spacial score (nSPS) is 24.0. The molecule has 2 atom stereocenters. The second-order valence-electron chi connectivity index (χ2n) is 8.49. The zero-order chi connectivity index (χ0) is 21.8. The van der Waals surface area contributed by atoms with Gasteiger partial charge in [-0.25, -0.2) is 9.37 Å². The van der Waals surface area contributed by atoms with Crippen LogP contribution in [0.2, 0.25) is 0 Å². The van der Waals surface area contributed by atoms with Crippen LogP contribution in [0.1, 0.15) is 43.9 Å². The largest absolute Gasteiger partial charge is 0.466 e. The molecule has 8 heteroatoms. The lowest BCUT2D eigenvalue weighted by molar-refractivity contribution is -0.162. The molecule has 2 aliphatic heterocycles. The molecular formula is C23H29FN4O3. The van der Waals surface area contributed by atoms with Crippen molar-refractivity contribution in [3.8, 4) is 0 Å². The molecule has 0 saturated carbocycles. The highest BCUT2D eigenvalue weighted by Crippen LogP contribution is 2.39. The Morgan fingerprint density at radius 2 is 2.16 bits per heavy atom. The van der Waals surface area contributed by atoms with E-state index in [0.717, 1.165) is 42.9 Å². The Balaban J connectivity index is 1.47. The summed E-state index contributed by atoms with van der Waals surface area (Å²) in [6.07, 6.45) is 6.26. The number of esters is 1. The van der Waals surface area contributed by atoms with Crippen molar-refractivity contribution in [2.75, 3.05) is 19.7 Å². The van der Waals surface area contributed by atoms with Gasteiger partial charge in [-0.15, -0.1) is 0 Å². The van der Waals surface area contributed by atoms with E-state index in [-0.39, 0.29) is 17.9 Å². The van der Waals surface area contributed by atoms with Gasteiger partial charge in [0.05, 0.1) is 29.8 Å². The molecule has 0 aliphatic carbocycles. The Kier molecular flexibility index (Phi) is 6.36. The van der Waals surface area contributed by atoms with Crippen LogP contribution in [0.25, 0.3) is 0 Å². The number of carbonyl (C=O) groups is 1. The van der Waals surface area contributed by atoms with Gasteiger partial charge in [-0.1, -0.05) is 17.3 Å². The summed E-state index contributed by atoms with van der Waals surface area (Å²) < 4.78 is 20.7. The molecule has 1 saturated heterocycles. The number of hydrogen-bond acceptors (Lipinski definition) is 6. The van der Waals surface area contributed by atoms with Crippen LogP contribution in [-0.2, 0) is 28.0 Å². The predicted molar refractivity (Wildman–Crippen MR) is 114 cm³/mol. The van der Waals surface area contributed by atoms with Crippen LogP contribution < -0.4 is 0 Å². The maximum atomic E-state index is 13.2. The number of ether oxygens (including phenoxy) is 1. The van der Waals surface area contributed by atoms with Crippen LogP contribution in [0.4, 0.5) is 4.39 Å². The molecule has 1 aromatic carbocycles. The van der Waals surface area contributed by atoms with Gasteiger partial charge in [0.25, 0.3) is 0 Å². The second kappa shape index (κ2) is 9.18. The van der Waals surface area contributed by atoms with Crippen LogP contribution in [-0.4, -0.2) is 51.9 Å². The number of carbonyl (C=O) groups excluding carboxylic acids is 1. The highest BCUT2D eigenvalue weighted by Gasteiger charge is 2.46. The first kappa shape index (κ1) is 21.5. The number of likely N-dealkylation sites (tertiary alicyclic amines) is 1. The molecule has 2 unspecified atom stereocenters. The second-order valence-corrected chi connectivity index (χ2v) is 8.49. The molecule has 4 rings (SSSR count). The van der Waals surface area contributed by atoms with Crippen molar-refractivity contribution >= 4 is 11.7 Å². The molecule has 166 valence electrons. The Morgan fingerprint density at radius 1 is 1.35 bits per heavy atom. The molecule has 0 spiro atoms. The summed E-state index contributed by atoms with van der Waals surface area (Å²) in [7, 11) is 1.98. The molecule has 1 fully saturated rings. The monoisotopic (exact) mass is 428 g/mol. The van der Waals surface area contributed by atoms with Crippen molar-refractivity contribution < 1.29 is 18.8 Å². The van der Waals surface area contributed by atoms with E-state index in [4.69, 9.17) is 9.57 Å². The van der Waals surface area contributed by atoms with Crippen molar-refractivity contribution in [2.24, 2.45) is 17.6 Å². The number of nitrogens with zero attached hydrogens (tertiary/aromatic N) is 4. The minimum Gasteiger partial charge on any atom is -0.466 e. The maximum Gasteiger partial charge on any atom is 0.313 e. The molecule has 0 amide bonds. The summed E-state index contributed by atoms with van der Waals surface area (Å²) in [5.74, 6) is -0.444. The molecular weight excluding hydrogens is 399 g/mol. The third-order valence-electron chi connectivity index (χ3n) is 6.20. The van der Waals surface area contributed by atoms with Gasteiger partial charge < -0.3 is 14.1 Å². The number of aryl methyl sites for hydroxylation is 1. The van der Waals surface area contributed by atoms with Gasteiger partial charge in [-0.2, -0.15) is 0 Å². The molecule has 31 heavy (non-hydrogen) atoms.